The number of anilines is 1. The lowest BCUT2D eigenvalue weighted by molar-refractivity contribution is -0.384. The first-order valence-electron chi connectivity index (χ1n) is 9.69. The molecule has 3 rings (SSSR count). The van der Waals surface area contributed by atoms with Gasteiger partial charge < -0.3 is 14.5 Å². The van der Waals surface area contributed by atoms with E-state index in [9.17, 15) is 28.1 Å². The molecule has 0 unspecified atom stereocenters. The Labute approximate surface area is 193 Å². The molecule has 0 saturated heterocycles. The van der Waals surface area contributed by atoms with Crippen molar-refractivity contribution in [3.05, 3.63) is 64.5 Å². The highest BCUT2D eigenvalue weighted by molar-refractivity contribution is 7.89. The topological polar surface area (TPSA) is 184 Å². The highest BCUT2D eigenvalue weighted by Crippen LogP contribution is 2.21. The molecule has 0 aliphatic rings. The summed E-state index contributed by atoms with van der Waals surface area (Å²) in [6, 6.07) is 9.59. The van der Waals surface area contributed by atoms with E-state index >= 15 is 0 Å². The van der Waals surface area contributed by atoms with Gasteiger partial charge in [-0.05, 0) is 43.3 Å². The van der Waals surface area contributed by atoms with E-state index in [2.05, 4.69) is 20.2 Å². The van der Waals surface area contributed by atoms with Gasteiger partial charge in [-0.3, -0.25) is 19.7 Å². The number of nitro benzene ring substituents is 1. The Morgan fingerprint density at radius 3 is 2.35 bits per heavy atom. The minimum absolute atomic E-state index is 0.0506. The van der Waals surface area contributed by atoms with Crippen molar-refractivity contribution in [3.63, 3.8) is 0 Å². The van der Waals surface area contributed by atoms with Crippen molar-refractivity contribution < 1.29 is 32.1 Å². The molecule has 3 aromatic rings. The van der Waals surface area contributed by atoms with E-state index in [1.165, 1.54) is 62.4 Å². The monoisotopic (exact) mass is 489 g/mol. The number of aromatic nitrogens is 2. The molecule has 0 bridgehead atoms. The smallest absolute Gasteiger partial charge is 0.324 e. The van der Waals surface area contributed by atoms with Crippen LogP contribution in [0.1, 0.15) is 19.7 Å². The van der Waals surface area contributed by atoms with Crippen LogP contribution < -0.4 is 10.0 Å². The van der Waals surface area contributed by atoms with Crippen molar-refractivity contribution in [2.24, 2.45) is 0 Å². The number of carbonyl (C=O) groups is 2. The van der Waals surface area contributed by atoms with Crippen molar-refractivity contribution >= 4 is 33.3 Å². The third-order valence-corrected chi connectivity index (χ3v) is 5.86. The van der Waals surface area contributed by atoms with Gasteiger partial charge in [0, 0.05) is 30.3 Å². The number of sulfonamides is 1. The number of amides is 1. The minimum Gasteiger partial charge on any atom is -0.454 e. The zero-order chi connectivity index (χ0) is 24.9. The van der Waals surface area contributed by atoms with Crippen LogP contribution in [0.15, 0.2) is 57.8 Å². The maximum atomic E-state index is 12.5. The van der Waals surface area contributed by atoms with Crippen LogP contribution in [0.3, 0.4) is 0 Å². The third-order valence-electron chi connectivity index (χ3n) is 4.30. The normalized spacial score (nSPS) is 12.1. The molecular formula is C20H19N5O8S. The summed E-state index contributed by atoms with van der Waals surface area (Å²) in [5.74, 6) is -1.16. The number of non-ortho nitro benzene ring substituents is 1. The minimum atomic E-state index is -4.04. The highest BCUT2D eigenvalue weighted by atomic mass is 32.2. The van der Waals surface area contributed by atoms with E-state index in [1.54, 1.807) is 0 Å². The summed E-state index contributed by atoms with van der Waals surface area (Å²) in [6.07, 6.45) is 0. The summed E-state index contributed by atoms with van der Waals surface area (Å²) in [5.41, 5.74) is 0.755. The molecule has 0 saturated carbocycles. The Bertz CT molecular complexity index is 1300. The molecule has 14 heteroatoms. The van der Waals surface area contributed by atoms with Crippen molar-refractivity contribution in [3.8, 4) is 11.5 Å². The van der Waals surface area contributed by atoms with Crippen LogP contribution in [0.2, 0.25) is 0 Å². The maximum absolute atomic E-state index is 12.5. The van der Waals surface area contributed by atoms with Crippen molar-refractivity contribution in [1.82, 2.24) is 14.9 Å². The van der Waals surface area contributed by atoms with Gasteiger partial charge in [-0.25, -0.2) is 8.42 Å². The number of ether oxygens (including phenoxy) is 1. The molecule has 0 spiro atoms. The first-order chi connectivity index (χ1) is 16.0. The quantitative estimate of drug-likeness (QED) is 0.256. The molecule has 0 aliphatic carbocycles. The largest absolute Gasteiger partial charge is 0.454 e. The van der Waals surface area contributed by atoms with Gasteiger partial charge in [0.05, 0.1) is 9.82 Å². The second-order valence-corrected chi connectivity index (χ2v) is 8.68. The second kappa shape index (κ2) is 10.2. The van der Waals surface area contributed by atoms with Crippen LogP contribution in [0, 0.1) is 10.1 Å². The van der Waals surface area contributed by atoms with Gasteiger partial charge in [-0.15, -0.1) is 10.2 Å². The fourth-order valence-electron chi connectivity index (χ4n) is 2.68. The number of esters is 1. The van der Waals surface area contributed by atoms with Gasteiger partial charge >= 0.3 is 5.97 Å². The molecule has 2 N–H and O–H groups in total. The van der Waals surface area contributed by atoms with Crippen LogP contribution in [0.5, 0.6) is 0 Å². The first kappa shape index (κ1) is 24.5. The van der Waals surface area contributed by atoms with Gasteiger partial charge in [0.1, 0.15) is 6.04 Å². The zero-order valence-electron chi connectivity index (χ0n) is 17.9. The molecule has 0 radical (unpaired) electrons. The van der Waals surface area contributed by atoms with Crippen LogP contribution >= 0.6 is 0 Å². The van der Waals surface area contributed by atoms with Gasteiger partial charge in [-0.1, -0.05) is 0 Å². The van der Waals surface area contributed by atoms with Crippen LogP contribution in [0.25, 0.3) is 11.5 Å². The van der Waals surface area contributed by atoms with Crippen LogP contribution in [-0.2, 0) is 31.0 Å². The lowest BCUT2D eigenvalue weighted by atomic mass is 10.2. The molecule has 34 heavy (non-hydrogen) atoms. The van der Waals surface area contributed by atoms with E-state index in [0.717, 1.165) is 0 Å². The Morgan fingerprint density at radius 1 is 1.12 bits per heavy atom. The molecule has 0 fully saturated rings. The number of carbonyl (C=O) groups excluding carboxylic acids is 2. The zero-order valence-corrected chi connectivity index (χ0v) is 18.7. The number of nitro groups is 1. The Balaban J connectivity index is 1.56. The van der Waals surface area contributed by atoms with Crippen molar-refractivity contribution in [1.29, 1.82) is 0 Å². The molecule has 1 heterocycles. The SMILES string of the molecule is CC(=O)Nc1ccc(S(=O)(=O)N[C@@H](C)C(=O)OCc2nnc(-c3ccc([N+](=O)[O-])cc3)o2)cc1. The molecular weight excluding hydrogens is 470 g/mol. The summed E-state index contributed by atoms with van der Waals surface area (Å²) in [5, 5.41) is 20.8. The van der Waals surface area contributed by atoms with Crippen LogP contribution in [0.4, 0.5) is 11.4 Å². The second-order valence-electron chi connectivity index (χ2n) is 6.96. The number of rotatable bonds is 9. The standard InChI is InChI=1S/C20H19N5O8S/c1-12(24-34(30,31)17-9-5-15(6-10-17)21-13(2)26)20(27)32-11-18-22-23-19(33-18)14-3-7-16(8-4-14)25(28)29/h3-10,12,24H,11H2,1-2H3,(H,21,26)/t12-/m0/s1. The van der Waals surface area contributed by atoms with E-state index in [1.807, 2.05) is 0 Å². The van der Waals surface area contributed by atoms with Crippen LogP contribution in [-0.4, -0.2) is 41.5 Å². The summed E-state index contributed by atoms with van der Waals surface area (Å²) >= 11 is 0. The van der Waals surface area contributed by atoms with Crippen molar-refractivity contribution in [2.45, 2.75) is 31.4 Å². The first-order valence-corrected chi connectivity index (χ1v) is 11.2. The van der Waals surface area contributed by atoms with Gasteiger partial charge in [-0.2, -0.15) is 4.72 Å². The molecule has 1 amide bonds. The molecule has 178 valence electrons. The average molecular weight is 489 g/mol. The fourth-order valence-corrected chi connectivity index (χ4v) is 3.87. The highest BCUT2D eigenvalue weighted by Gasteiger charge is 2.24. The molecule has 0 aliphatic heterocycles. The predicted molar refractivity (Wildman–Crippen MR) is 117 cm³/mol. The Morgan fingerprint density at radius 2 is 1.76 bits per heavy atom. The van der Waals surface area contributed by atoms with Crippen molar-refractivity contribution in [2.75, 3.05) is 5.32 Å². The fraction of sp³-hybridized carbons (Fsp3) is 0.200. The number of hydrogen-bond acceptors (Lipinski definition) is 10. The number of nitrogens with one attached hydrogen (secondary N) is 2. The molecule has 1 atom stereocenters. The summed E-state index contributed by atoms with van der Waals surface area (Å²) in [6.45, 7) is 2.22. The van der Waals surface area contributed by atoms with E-state index in [4.69, 9.17) is 9.15 Å². The number of nitrogens with zero attached hydrogens (tertiary/aromatic N) is 3. The number of benzene rings is 2. The molecule has 1 aromatic heterocycles. The molecule has 2 aromatic carbocycles. The Kier molecular flexibility index (Phi) is 7.33. The summed E-state index contributed by atoms with van der Waals surface area (Å²) in [4.78, 5) is 33.4. The maximum Gasteiger partial charge on any atom is 0.324 e. The average Bonchev–Trinajstić information content (AvgIpc) is 3.26. The Hall–Kier alpha value is -4.17. The van der Waals surface area contributed by atoms with Gasteiger partial charge in [0.25, 0.3) is 11.6 Å². The van der Waals surface area contributed by atoms with E-state index < -0.39 is 33.6 Å². The van der Waals surface area contributed by atoms with Gasteiger partial charge in [0.2, 0.25) is 21.8 Å². The van der Waals surface area contributed by atoms with E-state index in [0.29, 0.717) is 11.3 Å². The number of hydrogen-bond donors (Lipinski definition) is 2. The van der Waals surface area contributed by atoms with Gasteiger partial charge in [0.15, 0.2) is 6.61 Å². The summed E-state index contributed by atoms with van der Waals surface area (Å²) in [7, 11) is -4.04. The predicted octanol–water partition coefficient (Wildman–Crippen LogP) is 2.01. The lowest BCUT2D eigenvalue weighted by Crippen LogP contribution is -2.39. The van der Waals surface area contributed by atoms with E-state index in [-0.39, 0.29) is 28.3 Å². The summed E-state index contributed by atoms with van der Waals surface area (Å²) < 4.78 is 37.6. The third kappa shape index (κ3) is 6.20. The lowest BCUT2D eigenvalue weighted by Gasteiger charge is -2.13. The molecule has 13 nitrogen and oxygen atoms in total.